The van der Waals surface area contributed by atoms with E-state index in [9.17, 15) is 8.42 Å². The van der Waals surface area contributed by atoms with Crippen molar-refractivity contribution < 1.29 is 8.42 Å². The van der Waals surface area contributed by atoms with E-state index in [4.69, 9.17) is 0 Å². The maximum absolute atomic E-state index is 11.8. The molecule has 5 nitrogen and oxygen atoms in total. The fourth-order valence-electron chi connectivity index (χ4n) is 1.98. The van der Waals surface area contributed by atoms with Crippen LogP contribution in [0.1, 0.15) is 26.2 Å². The molecule has 0 saturated heterocycles. The number of aromatic amines is 1. The van der Waals surface area contributed by atoms with Gasteiger partial charge in [0.15, 0.2) is 5.03 Å². The molecule has 2 rings (SSSR count). The van der Waals surface area contributed by atoms with Crippen LogP contribution < -0.4 is 4.72 Å². The van der Waals surface area contributed by atoms with E-state index < -0.39 is 10.0 Å². The highest BCUT2D eigenvalue weighted by molar-refractivity contribution is 7.89. The Morgan fingerprint density at radius 1 is 1.53 bits per heavy atom. The lowest BCUT2D eigenvalue weighted by Gasteiger charge is -2.16. The maximum atomic E-state index is 11.8. The van der Waals surface area contributed by atoms with Crippen LogP contribution in [0.3, 0.4) is 0 Å². The third kappa shape index (κ3) is 2.21. The molecule has 15 heavy (non-hydrogen) atoms. The molecular formula is C9H15N3O2S. The monoisotopic (exact) mass is 229 g/mol. The Labute approximate surface area is 89.3 Å². The average molecular weight is 229 g/mol. The predicted molar refractivity (Wildman–Crippen MR) is 55.7 cm³/mol. The lowest BCUT2D eigenvalue weighted by Crippen LogP contribution is -2.36. The van der Waals surface area contributed by atoms with Gasteiger partial charge in [-0.15, -0.1) is 0 Å². The summed E-state index contributed by atoms with van der Waals surface area (Å²) in [6.07, 6.45) is 4.55. The van der Waals surface area contributed by atoms with Crippen molar-refractivity contribution in [1.82, 2.24) is 14.9 Å². The molecule has 1 aliphatic rings. The van der Waals surface area contributed by atoms with Crippen molar-refractivity contribution in [3.63, 3.8) is 0 Å². The summed E-state index contributed by atoms with van der Waals surface area (Å²) in [6.45, 7) is 2.08. The van der Waals surface area contributed by atoms with Crippen molar-refractivity contribution >= 4 is 10.0 Å². The molecule has 0 spiro atoms. The highest BCUT2D eigenvalue weighted by Gasteiger charge is 2.28. The largest absolute Gasteiger partial charge is 0.266 e. The summed E-state index contributed by atoms with van der Waals surface area (Å²) in [6, 6.07) is 1.53. The number of aromatic nitrogens is 2. The highest BCUT2D eigenvalue weighted by atomic mass is 32.2. The third-order valence-electron chi connectivity index (χ3n) is 2.93. The second kappa shape index (κ2) is 3.94. The summed E-state index contributed by atoms with van der Waals surface area (Å²) in [7, 11) is -3.40. The van der Waals surface area contributed by atoms with Gasteiger partial charge in [-0.05, 0) is 24.8 Å². The molecule has 0 bridgehead atoms. The van der Waals surface area contributed by atoms with Crippen LogP contribution >= 0.6 is 0 Å². The second-order valence-corrected chi connectivity index (χ2v) is 5.74. The van der Waals surface area contributed by atoms with E-state index in [0.717, 1.165) is 19.3 Å². The van der Waals surface area contributed by atoms with Gasteiger partial charge >= 0.3 is 0 Å². The van der Waals surface area contributed by atoms with Gasteiger partial charge < -0.3 is 0 Å². The molecule has 0 aliphatic heterocycles. The molecule has 1 fully saturated rings. The maximum Gasteiger partial charge on any atom is 0.257 e. The summed E-state index contributed by atoms with van der Waals surface area (Å²) in [5.74, 6) is 0.419. The molecular weight excluding hydrogens is 214 g/mol. The van der Waals surface area contributed by atoms with Crippen LogP contribution in [0.15, 0.2) is 17.3 Å². The SMILES string of the molecule is CC1CCCC1NS(=O)(=O)c1ccn[nH]1. The van der Waals surface area contributed by atoms with Gasteiger partial charge in [-0.25, -0.2) is 13.1 Å². The molecule has 0 amide bonds. The van der Waals surface area contributed by atoms with Crippen LogP contribution in [0.5, 0.6) is 0 Å². The summed E-state index contributed by atoms with van der Waals surface area (Å²) in [4.78, 5) is 0. The van der Waals surface area contributed by atoms with Crippen LogP contribution in [0, 0.1) is 5.92 Å². The Morgan fingerprint density at radius 3 is 2.87 bits per heavy atom. The summed E-state index contributed by atoms with van der Waals surface area (Å²) >= 11 is 0. The van der Waals surface area contributed by atoms with Crippen LogP contribution in [-0.2, 0) is 10.0 Å². The fourth-order valence-corrected chi connectivity index (χ4v) is 3.26. The van der Waals surface area contributed by atoms with Crippen LogP contribution in [0.2, 0.25) is 0 Å². The van der Waals surface area contributed by atoms with E-state index in [0.29, 0.717) is 5.92 Å². The van der Waals surface area contributed by atoms with Crippen LogP contribution in [0.4, 0.5) is 0 Å². The topological polar surface area (TPSA) is 74.8 Å². The molecule has 2 N–H and O–H groups in total. The lowest BCUT2D eigenvalue weighted by atomic mass is 10.1. The second-order valence-electron chi connectivity index (χ2n) is 4.06. The van der Waals surface area contributed by atoms with Crippen molar-refractivity contribution in [2.45, 2.75) is 37.3 Å². The summed E-state index contributed by atoms with van der Waals surface area (Å²) in [5, 5.41) is 6.24. The van der Waals surface area contributed by atoms with Crippen molar-refractivity contribution in [3.8, 4) is 0 Å². The van der Waals surface area contributed by atoms with Gasteiger partial charge in [0.1, 0.15) is 0 Å². The van der Waals surface area contributed by atoms with Gasteiger partial charge in [-0.1, -0.05) is 13.3 Å². The first-order chi connectivity index (χ1) is 7.09. The molecule has 1 aliphatic carbocycles. The summed E-state index contributed by atoms with van der Waals surface area (Å²) in [5.41, 5.74) is 0. The Morgan fingerprint density at radius 2 is 2.33 bits per heavy atom. The van der Waals surface area contributed by atoms with Crippen LogP contribution in [-0.4, -0.2) is 24.7 Å². The zero-order chi connectivity index (χ0) is 10.9. The smallest absolute Gasteiger partial charge is 0.257 e. The lowest BCUT2D eigenvalue weighted by molar-refractivity contribution is 0.475. The van der Waals surface area contributed by atoms with Gasteiger partial charge in [0, 0.05) is 6.04 Å². The quantitative estimate of drug-likeness (QED) is 0.807. The minimum Gasteiger partial charge on any atom is -0.266 e. The van der Waals surface area contributed by atoms with E-state index in [2.05, 4.69) is 21.8 Å². The first kappa shape index (κ1) is 10.6. The Bertz CT molecular complexity index is 413. The van der Waals surface area contributed by atoms with Gasteiger partial charge in [0.25, 0.3) is 10.0 Å². The molecule has 1 aromatic heterocycles. The van der Waals surface area contributed by atoms with E-state index in [-0.39, 0.29) is 11.1 Å². The number of nitrogens with zero attached hydrogens (tertiary/aromatic N) is 1. The van der Waals surface area contributed by atoms with Gasteiger partial charge in [-0.2, -0.15) is 5.10 Å². The Balaban J connectivity index is 2.11. The molecule has 2 unspecified atom stereocenters. The molecule has 1 aromatic rings. The molecule has 2 atom stereocenters. The van der Waals surface area contributed by atoms with E-state index in [1.807, 2.05) is 0 Å². The third-order valence-corrected chi connectivity index (χ3v) is 4.35. The van der Waals surface area contributed by atoms with Crippen LogP contribution in [0.25, 0.3) is 0 Å². The number of rotatable bonds is 3. The minimum atomic E-state index is -3.40. The Hall–Kier alpha value is -0.880. The van der Waals surface area contributed by atoms with Crippen molar-refractivity contribution in [2.24, 2.45) is 5.92 Å². The molecule has 0 radical (unpaired) electrons. The normalized spacial score (nSPS) is 27.0. The number of hydrogen-bond donors (Lipinski definition) is 2. The van der Waals surface area contributed by atoms with Gasteiger partial charge in [-0.3, -0.25) is 5.10 Å². The van der Waals surface area contributed by atoms with Crippen molar-refractivity contribution in [2.75, 3.05) is 0 Å². The van der Waals surface area contributed by atoms with Crippen molar-refractivity contribution in [1.29, 1.82) is 0 Å². The first-order valence-corrected chi connectivity index (χ1v) is 6.59. The Kier molecular flexibility index (Phi) is 2.79. The molecule has 1 saturated carbocycles. The number of nitrogens with one attached hydrogen (secondary N) is 2. The fraction of sp³-hybridized carbons (Fsp3) is 0.667. The van der Waals surface area contributed by atoms with E-state index in [1.54, 1.807) is 0 Å². The summed E-state index contributed by atoms with van der Waals surface area (Å²) < 4.78 is 26.3. The number of sulfonamides is 1. The zero-order valence-corrected chi connectivity index (χ0v) is 9.42. The van der Waals surface area contributed by atoms with E-state index in [1.165, 1.54) is 12.3 Å². The number of H-pyrrole nitrogens is 1. The first-order valence-electron chi connectivity index (χ1n) is 5.11. The highest BCUT2D eigenvalue weighted by Crippen LogP contribution is 2.25. The number of hydrogen-bond acceptors (Lipinski definition) is 3. The predicted octanol–water partition coefficient (Wildman–Crippen LogP) is 0.877. The van der Waals surface area contributed by atoms with Crippen molar-refractivity contribution in [3.05, 3.63) is 12.3 Å². The molecule has 1 heterocycles. The average Bonchev–Trinajstić information content (AvgIpc) is 2.77. The van der Waals surface area contributed by atoms with E-state index >= 15 is 0 Å². The minimum absolute atomic E-state index is 0.0679. The molecule has 6 heteroatoms. The molecule has 0 aromatic carbocycles. The standard InChI is InChI=1S/C9H15N3O2S/c1-7-3-2-4-8(7)12-15(13,14)9-5-6-10-11-9/h5-8,12H,2-4H2,1H3,(H,10,11). The van der Waals surface area contributed by atoms with Gasteiger partial charge in [0.05, 0.1) is 6.20 Å². The van der Waals surface area contributed by atoms with Gasteiger partial charge in [0.2, 0.25) is 0 Å². The zero-order valence-electron chi connectivity index (χ0n) is 8.60. The molecule has 84 valence electrons.